The average Bonchev–Trinajstić information content (AvgIpc) is 2.77. The van der Waals surface area contributed by atoms with Crippen LogP contribution in [0.3, 0.4) is 0 Å². The van der Waals surface area contributed by atoms with Gasteiger partial charge >= 0.3 is 0 Å². The van der Waals surface area contributed by atoms with E-state index in [1.54, 1.807) is 0 Å². The van der Waals surface area contributed by atoms with Crippen LogP contribution < -0.4 is 10.6 Å². The van der Waals surface area contributed by atoms with Gasteiger partial charge < -0.3 is 10.6 Å². The second-order valence-electron chi connectivity index (χ2n) is 7.31. The minimum Gasteiger partial charge on any atom is -0.330 e. The Bertz CT molecular complexity index is 504. The molecule has 3 heteroatoms. The fourth-order valence-electron chi connectivity index (χ4n) is 2.86. The molecule has 1 aliphatic rings. The maximum Gasteiger partial charge on any atom is 0.227 e. The van der Waals surface area contributed by atoms with Gasteiger partial charge in [0, 0.05) is 24.6 Å². The number of benzene rings is 1. The van der Waals surface area contributed by atoms with E-state index < -0.39 is 0 Å². The van der Waals surface area contributed by atoms with E-state index in [2.05, 4.69) is 39.8 Å². The van der Waals surface area contributed by atoms with Crippen LogP contribution in [0.15, 0.2) is 24.3 Å². The van der Waals surface area contributed by atoms with E-state index in [4.69, 9.17) is 5.73 Å². The van der Waals surface area contributed by atoms with Crippen LogP contribution in [0.25, 0.3) is 0 Å². The van der Waals surface area contributed by atoms with Crippen molar-refractivity contribution in [3.05, 3.63) is 29.8 Å². The first-order valence-corrected chi connectivity index (χ1v) is 7.94. The predicted molar refractivity (Wildman–Crippen MR) is 88.4 cm³/mol. The number of carbonyl (C=O) groups excluding carboxylic acids is 1. The zero-order valence-electron chi connectivity index (χ0n) is 13.7. The van der Waals surface area contributed by atoms with Gasteiger partial charge in [-0.05, 0) is 35.9 Å². The third-order valence-corrected chi connectivity index (χ3v) is 4.85. The SMILES string of the molecule is CC(CC(=O)N1CC(CCN)c2ccccc21)C(C)(C)C. The van der Waals surface area contributed by atoms with Gasteiger partial charge in [-0.1, -0.05) is 45.9 Å². The molecule has 3 nitrogen and oxygen atoms in total. The van der Waals surface area contributed by atoms with Crippen molar-refractivity contribution >= 4 is 11.6 Å². The summed E-state index contributed by atoms with van der Waals surface area (Å²) in [4.78, 5) is 14.7. The smallest absolute Gasteiger partial charge is 0.227 e. The lowest BCUT2D eigenvalue weighted by atomic mass is 9.80. The summed E-state index contributed by atoms with van der Waals surface area (Å²) in [5, 5.41) is 0. The molecule has 2 atom stereocenters. The van der Waals surface area contributed by atoms with Crippen LogP contribution in [0, 0.1) is 11.3 Å². The first kappa shape index (κ1) is 16.0. The third-order valence-electron chi connectivity index (χ3n) is 4.85. The van der Waals surface area contributed by atoms with Crippen molar-refractivity contribution in [1.29, 1.82) is 0 Å². The Morgan fingerprint density at radius 2 is 2.05 bits per heavy atom. The number of nitrogens with zero attached hydrogens (tertiary/aromatic N) is 1. The summed E-state index contributed by atoms with van der Waals surface area (Å²) in [6.45, 7) is 10.2. The van der Waals surface area contributed by atoms with E-state index in [9.17, 15) is 4.79 Å². The molecule has 1 aromatic carbocycles. The molecular weight excluding hydrogens is 260 g/mol. The first-order valence-electron chi connectivity index (χ1n) is 7.94. The van der Waals surface area contributed by atoms with Gasteiger partial charge in [0.15, 0.2) is 0 Å². The fraction of sp³-hybridized carbons (Fsp3) is 0.611. The molecule has 2 N–H and O–H groups in total. The second kappa shape index (κ2) is 6.18. The van der Waals surface area contributed by atoms with Gasteiger partial charge in [-0.25, -0.2) is 0 Å². The van der Waals surface area contributed by atoms with E-state index in [0.717, 1.165) is 18.7 Å². The summed E-state index contributed by atoms with van der Waals surface area (Å²) >= 11 is 0. The number of nitrogens with two attached hydrogens (primary N) is 1. The standard InChI is InChI=1S/C18H28N2O/c1-13(18(2,3)4)11-17(21)20-12-14(9-10-19)15-7-5-6-8-16(15)20/h5-8,13-14H,9-12,19H2,1-4H3. The highest BCUT2D eigenvalue weighted by molar-refractivity contribution is 5.96. The molecular formula is C18H28N2O. The molecule has 0 saturated carbocycles. The first-order chi connectivity index (χ1) is 9.84. The number of amides is 1. The summed E-state index contributed by atoms with van der Waals surface area (Å²) in [5.74, 6) is 0.996. The summed E-state index contributed by atoms with van der Waals surface area (Å²) in [6, 6.07) is 8.26. The highest BCUT2D eigenvalue weighted by Crippen LogP contribution is 2.39. The molecule has 0 fully saturated rings. The molecule has 1 heterocycles. The molecule has 0 aromatic heterocycles. The van der Waals surface area contributed by atoms with Crippen molar-refractivity contribution in [3.8, 4) is 0 Å². The highest BCUT2D eigenvalue weighted by atomic mass is 16.2. The number of para-hydroxylation sites is 1. The van der Waals surface area contributed by atoms with Crippen LogP contribution in [0.2, 0.25) is 0 Å². The van der Waals surface area contributed by atoms with E-state index in [-0.39, 0.29) is 11.3 Å². The summed E-state index contributed by atoms with van der Waals surface area (Å²) in [6.07, 6.45) is 1.54. The molecule has 1 aliphatic heterocycles. The van der Waals surface area contributed by atoms with Gasteiger partial charge in [0.2, 0.25) is 5.91 Å². The van der Waals surface area contributed by atoms with Crippen molar-refractivity contribution in [2.24, 2.45) is 17.1 Å². The molecule has 0 aliphatic carbocycles. The highest BCUT2D eigenvalue weighted by Gasteiger charge is 2.33. The minimum absolute atomic E-state index is 0.158. The van der Waals surface area contributed by atoms with Crippen LogP contribution in [0.4, 0.5) is 5.69 Å². The van der Waals surface area contributed by atoms with Gasteiger partial charge in [-0.15, -0.1) is 0 Å². The molecule has 1 amide bonds. The molecule has 2 unspecified atom stereocenters. The van der Waals surface area contributed by atoms with Gasteiger partial charge in [0.05, 0.1) is 0 Å². The lowest BCUT2D eigenvalue weighted by Crippen LogP contribution is -2.33. The summed E-state index contributed by atoms with van der Waals surface area (Å²) < 4.78 is 0. The van der Waals surface area contributed by atoms with Crippen LogP contribution >= 0.6 is 0 Å². The lowest BCUT2D eigenvalue weighted by Gasteiger charge is -2.28. The number of carbonyl (C=O) groups is 1. The van der Waals surface area contributed by atoms with Gasteiger partial charge in [0.25, 0.3) is 0 Å². The largest absolute Gasteiger partial charge is 0.330 e. The van der Waals surface area contributed by atoms with Gasteiger partial charge in [-0.3, -0.25) is 4.79 Å². The molecule has 0 radical (unpaired) electrons. The molecule has 2 rings (SSSR count). The molecule has 1 aromatic rings. The number of anilines is 1. The molecule has 0 spiro atoms. The Morgan fingerprint density at radius 3 is 2.67 bits per heavy atom. The van der Waals surface area contributed by atoms with Crippen LogP contribution in [-0.2, 0) is 4.79 Å². The number of hydrogen-bond acceptors (Lipinski definition) is 2. The van der Waals surface area contributed by atoms with Crippen molar-refractivity contribution in [2.75, 3.05) is 18.0 Å². The Hall–Kier alpha value is -1.35. The summed E-state index contributed by atoms with van der Waals surface area (Å²) in [5.41, 5.74) is 8.24. The second-order valence-corrected chi connectivity index (χ2v) is 7.31. The number of fused-ring (bicyclic) bond motifs is 1. The Morgan fingerprint density at radius 1 is 1.38 bits per heavy atom. The maximum absolute atomic E-state index is 12.7. The average molecular weight is 288 g/mol. The van der Waals surface area contributed by atoms with Crippen molar-refractivity contribution in [2.45, 2.75) is 46.5 Å². The van der Waals surface area contributed by atoms with Gasteiger partial charge in [0.1, 0.15) is 0 Å². The molecule has 0 saturated heterocycles. The van der Waals surface area contributed by atoms with E-state index >= 15 is 0 Å². The van der Waals surface area contributed by atoms with Gasteiger partial charge in [-0.2, -0.15) is 0 Å². The lowest BCUT2D eigenvalue weighted by molar-refractivity contribution is -0.120. The van der Waals surface area contributed by atoms with Crippen LogP contribution in [0.1, 0.15) is 52.0 Å². The zero-order valence-corrected chi connectivity index (χ0v) is 13.7. The third kappa shape index (κ3) is 3.46. The van der Waals surface area contributed by atoms with E-state index in [1.807, 2.05) is 17.0 Å². The predicted octanol–water partition coefficient (Wildman–Crippen LogP) is 3.54. The minimum atomic E-state index is 0.158. The topological polar surface area (TPSA) is 46.3 Å². The van der Waals surface area contributed by atoms with Crippen molar-refractivity contribution < 1.29 is 4.79 Å². The van der Waals surface area contributed by atoms with Crippen LogP contribution in [-0.4, -0.2) is 19.0 Å². The monoisotopic (exact) mass is 288 g/mol. The zero-order chi connectivity index (χ0) is 15.6. The summed E-state index contributed by atoms with van der Waals surface area (Å²) in [7, 11) is 0. The fourth-order valence-corrected chi connectivity index (χ4v) is 2.86. The van der Waals surface area contributed by atoms with Crippen molar-refractivity contribution in [1.82, 2.24) is 0 Å². The molecule has 116 valence electrons. The van der Waals surface area contributed by atoms with Crippen molar-refractivity contribution in [3.63, 3.8) is 0 Å². The Kier molecular flexibility index (Phi) is 4.72. The van der Waals surface area contributed by atoms with Crippen LogP contribution in [0.5, 0.6) is 0 Å². The quantitative estimate of drug-likeness (QED) is 0.921. The Balaban J connectivity index is 2.16. The number of rotatable bonds is 4. The maximum atomic E-state index is 12.7. The Labute approximate surface area is 128 Å². The van der Waals surface area contributed by atoms with E-state index in [0.29, 0.717) is 24.8 Å². The number of hydrogen-bond donors (Lipinski definition) is 1. The normalized spacial score (nSPS) is 19.5. The molecule has 0 bridgehead atoms. The van der Waals surface area contributed by atoms with E-state index in [1.165, 1.54) is 5.56 Å². The molecule has 21 heavy (non-hydrogen) atoms.